The van der Waals surface area contributed by atoms with Gasteiger partial charge in [-0.2, -0.15) is 13.2 Å². The number of ether oxygens (including phenoxy) is 1. The van der Waals surface area contributed by atoms with Crippen LogP contribution in [0.2, 0.25) is 0 Å². The molecular formula is C7H10F3NO2S. The molecule has 7 heteroatoms. The minimum Gasteiger partial charge on any atom is -0.449 e. The Hall–Kier alpha value is -0.850. The van der Waals surface area contributed by atoms with Crippen LogP contribution >= 0.6 is 12.2 Å². The number of esters is 1. The lowest BCUT2D eigenvalue weighted by Crippen LogP contribution is -2.37. The van der Waals surface area contributed by atoms with Crippen LogP contribution in [0.3, 0.4) is 0 Å². The predicted octanol–water partition coefficient (Wildman–Crippen LogP) is 1.37. The molecule has 0 spiro atoms. The van der Waals surface area contributed by atoms with E-state index in [0.29, 0.717) is 0 Å². The van der Waals surface area contributed by atoms with E-state index in [1.165, 1.54) is 11.8 Å². The van der Waals surface area contributed by atoms with Crippen molar-refractivity contribution in [2.24, 2.45) is 0 Å². The number of carbonyl (C=O) groups is 1. The number of hydrogen-bond acceptors (Lipinski definition) is 3. The highest BCUT2D eigenvalue weighted by Crippen LogP contribution is 2.17. The van der Waals surface area contributed by atoms with Gasteiger partial charge in [0, 0.05) is 14.1 Å². The molecule has 0 aromatic carbocycles. The number of nitrogens with zero attached hydrogens (tertiary/aromatic N) is 1. The highest BCUT2D eigenvalue weighted by Gasteiger charge is 2.42. The number of hydrogen-bond donors (Lipinski definition) is 0. The van der Waals surface area contributed by atoms with Crippen molar-refractivity contribution in [3.8, 4) is 0 Å². The molecule has 0 N–H and O–H groups in total. The zero-order valence-electron chi connectivity index (χ0n) is 7.88. The lowest BCUT2D eigenvalue weighted by Gasteiger charge is -2.20. The molecule has 1 atom stereocenters. The maximum atomic E-state index is 11.7. The molecule has 82 valence electrons. The van der Waals surface area contributed by atoms with Crippen molar-refractivity contribution >= 4 is 23.2 Å². The van der Waals surface area contributed by atoms with Crippen LogP contribution < -0.4 is 0 Å². The fourth-order valence-electron chi connectivity index (χ4n) is 0.641. The quantitative estimate of drug-likeness (QED) is 0.528. The molecule has 0 aliphatic heterocycles. The Morgan fingerprint density at radius 3 is 2.14 bits per heavy atom. The van der Waals surface area contributed by atoms with Gasteiger partial charge in [0.25, 0.3) is 0 Å². The fraction of sp³-hybridized carbons (Fsp3) is 0.714. The number of halogens is 3. The van der Waals surface area contributed by atoms with Gasteiger partial charge in [0.1, 0.15) is 11.1 Å². The smallest absolute Gasteiger partial charge is 0.449 e. The van der Waals surface area contributed by atoms with Crippen molar-refractivity contribution in [1.29, 1.82) is 0 Å². The third-order valence-corrected chi connectivity index (χ3v) is 2.00. The summed E-state index contributed by atoms with van der Waals surface area (Å²) in [6, 6.07) is 0. The standard InChI is InChI=1S/C7H10F3NO2S/c1-4(5(14)11(2)3)13-6(12)7(8,9)10/h4H,1-3H3. The topological polar surface area (TPSA) is 29.5 Å². The first kappa shape index (κ1) is 13.2. The molecule has 0 amide bonds. The van der Waals surface area contributed by atoms with E-state index in [1.54, 1.807) is 14.1 Å². The molecular weight excluding hydrogens is 219 g/mol. The first-order valence-corrected chi connectivity index (χ1v) is 4.06. The van der Waals surface area contributed by atoms with Gasteiger partial charge in [-0.25, -0.2) is 4.79 Å². The van der Waals surface area contributed by atoms with Crippen molar-refractivity contribution in [3.63, 3.8) is 0 Å². The van der Waals surface area contributed by atoms with Crippen molar-refractivity contribution < 1.29 is 22.7 Å². The fourth-order valence-corrected chi connectivity index (χ4v) is 0.690. The van der Waals surface area contributed by atoms with Crippen molar-refractivity contribution in [2.75, 3.05) is 14.1 Å². The third kappa shape index (κ3) is 3.91. The summed E-state index contributed by atoms with van der Waals surface area (Å²) in [6.07, 6.45) is -6.04. The number of rotatable bonds is 2. The molecule has 0 bridgehead atoms. The second-order valence-electron chi connectivity index (χ2n) is 2.78. The summed E-state index contributed by atoms with van der Waals surface area (Å²) < 4.78 is 39.3. The van der Waals surface area contributed by atoms with E-state index in [-0.39, 0.29) is 4.99 Å². The van der Waals surface area contributed by atoms with Crippen molar-refractivity contribution in [1.82, 2.24) is 4.90 Å². The summed E-state index contributed by atoms with van der Waals surface area (Å²) in [6.45, 7) is 1.28. The van der Waals surface area contributed by atoms with Gasteiger partial charge < -0.3 is 9.64 Å². The summed E-state index contributed by atoms with van der Waals surface area (Å²) in [7, 11) is 3.11. The molecule has 0 fully saturated rings. The molecule has 0 saturated heterocycles. The molecule has 14 heavy (non-hydrogen) atoms. The molecule has 0 heterocycles. The first-order valence-electron chi connectivity index (χ1n) is 3.65. The Balaban J connectivity index is 4.27. The number of thiocarbonyl (C=S) groups is 1. The summed E-state index contributed by atoms with van der Waals surface area (Å²) >= 11 is 4.72. The summed E-state index contributed by atoms with van der Waals surface area (Å²) in [5.74, 6) is -2.23. The maximum absolute atomic E-state index is 11.7. The van der Waals surface area contributed by atoms with E-state index in [0.717, 1.165) is 0 Å². The molecule has 1 unspecified atom stereocenters. The van der Waals surface area contributed by atoms with Crippen LogP contribution in [0.4, 0.5) is 13.2 Å². The molecule has 0 radical (unpaired) electrons. The Kier molecular flexibility index (Phi) is 4.31. The molecule has 0 saturated carbocycles. The van der Waals surface area contributed by atoms with Crippen molar-refractivity contribution in [3.05, 3.63) is 0 Å². The predicted molar refractivity (Wildman–Crippen MR) is 47.9 cm³/mol. The average Bonchev–Trinajstić information content (AvgIpc) is 2.00. The Bertz CT molecular complexity index is 240. The molecule has 0 aromatic rings. The normalized spacial score (nSPS) is 13.3. The highest BCUT2D eigenvalue weighted by molar-refractivity contribution is 7.80. The van der Waals surface area contributed by atoms with Crippen LogP contribution in [0.15, 0.2) is 0 Å². The van der Waals surface area contributed by atoms with E-state index >= 15 is 0 Å². The maximum Gasteiger partial charge on any atom is 0.490 e. The van der Waals surface area contributed by atoms with Gasteiger partial charge in [-0.3, -0.25) is 0 Å². The van der Waals surface area contributed by atoms with Crippen LogP contribution in [0.1, 0.15) is 6.92 Å². The Labute approximate surface area is 84.8 Å². The zero-order chi connectivity index (χ0) is 11.5. The molecule has 0 aliphatic rings. The van der Waals surface area contributed by atoms with Gasteiger partial charge in [-0.15, -0.1) is 0 Å². The number of carbonyl (C=O) groups excluding carboxylic acids is 1. The Morgan fingerprint density at radius 2 is 1.86 bits per heavy atom. The van der Waals surface area contributed by atoms with Crippen LogP contribution in [0, 0.1) is 0 Å². The molecule has 0 aromatic heterocycles. The lowest BCUT2D eigenvalue weighted by atomic mass is 10.4. The summed E-state index contributed by atoms with van der Waals surface area (Å²) in [5, 5.41) is 0. The minimum atomic E-state index is -4.98. The largest absolute Gasteiger partial charge is 0.490 e. The summed E-state index contributed by atoms with van der Waals surface area (Å²) in [5.41, 5.74) is 0. The van der Waals surface area contributed by atoms with Crippen molar-refractivity contribution in [2.45, 2.75) is 19.2 Å². The van der Waals surface area contributed by atoms with Gasteiger partial charge in [0.2, 0.25) is 0 Å². The Morgan fingerprint density at radius 1 is 1.43 bits per heavy atom. The first-order chi connectivity index (χ1) is 6.16. The van der Waals surface area contributed by atoms with E-state index in [2.05, 4.69) is 4.74 Å². The van der Waals surface area contributed by atoms with Gasteiger partial charge in [-0.05, 0) is 6.92 Å². The van der Waals surface area contributed by atoms with Gasteiger partial charge in [-0.1, -0.05) is 12.2 Å². The van der Waals surface area contributed by atoms with E-state index in [1.807, 2.05) is 0 Å². The number of alkyl halides is 3. The zero-order valence-corrected chi connectivity index (χ0v) is 8.70. The lowest BCUT2D eigenvalue weighted by molar-refractivity contribution is -0.201. The number of likely N-dealkylation sites (N-methyl/N-ethyl adjacent to an activating group) is 1. The van der Waals surface area contributed by atoms with Crippen LogP contribution in [0.5, 0.6) is 0 Å². The van der Waals surface area contributed by atoms with Crippen LogP contribution in [0.25, 0.3) is 0 Å². The van der Waals surface area contributed by atoms with E-state index < -0.39 is 18.2 Å². The SMILES string of the molecule is CC(OC(=O)C(F)(F)F)C(=S)N(C)C. The monoisotopic (exact) mass is 229 g/mol. The van der Waals surface area contributed by atoms with Crippen LogP contribution in [-0.4, -0.2) is 42.2 Å². The highest BCUT2D eigenvalue weighted by atomic mass is 32.1. The molecule has 0 rings (SSSR count). The molecule has 0 aliphatic carbocycles. The van der Waals surface area contributed by atoms with Gasteiger partial charge in [0.15, 0.2) is 0 Å². The third-order valence-electron chi connectivity index (χ3n) is 1.30. The van der Waals surface area contributed by atoms with E-state index in [9.17, 15) is 18.0 Å². The van der Waals surface area contributed by atoms with E-state index in [4.69, 9.17) is 12.2 Å². The molecule has 3 nitrogen and oxygen atoms in total. The minimum absolute atomic E-state index is 0.127. The van der Waals surface area contributed by atoms with Gasteiger partial charge in [0.05, 0.1) is 0 Å². The van der Waals surface area contributed by atoms with Crippen LogP contribution in [-0.2, 0) is 9.53 Å². The summed E-state index contributed by atoms with van der Waals surface area (Å²) in [4.78, 5) is 11.9. The average molecular weight is 229 g/mol. The second-order valence-corrected chi connectivity index (χ2v) is 3.20. The second kappa shape index (κ2) is 4.59. The van der Waals surface area contributed by atoms with Gasteiger partial charge >= 0.3 is 12.1 Å².